The van der Waals surface area contributed by atoms with E-state index >= 15 is 0 Å². The van der Waals surface area contributed by atoms with Crippen LogP contribution in [-0.4, -0.2) is 15.0 Å². The third kappa shape index (κ3) is 2.45. The van der Waals surface area contributed by atoms with Crippen LogP contribution in [0.3, 0.4) is 0 Å². The highest BCUT2D eigenvalue weighted by atomic mass is 15.0. The average molecular weight is 263 g/mol. The molecule has 5 heteroatoms. The van der Waals surface area contributed by atoms with Crippen LogP contribution < -0.4 is 5.32 Å². The van der Waals surface area contributed by atoms with Gasteiger partial charge in [-0.15, -0.1) is 0 Å². The molecular formula is C15H13N5. The number of nitrogens with zero attached hydrogens (tertiary/aromatic N) is 3. The molecular weight excluding hydrogens is 250 g/mol. The fourth-order valence-corrected chi connectivity index (χ4v) is 2.13. The number of nitrogens with one attached hydrogen (secondary N) is 2. The van der Waals surface area contributed by atoms with Crippen molar-refractivity contribution in [2.45, 2.75) is 13.5 Å². The molecule has 3 rings (SSSR count). The average Bonchev–Trinajstić information content (AvgIpc) is 2.84. The summed E-state index contributed by atoms with van der Waals surface area (Å²) in [6, 6.07) is 12.1. The highest BCUT2D eigenvalue weighted by Crippen LogP contribution is 2.17. The van der Waals surface area contributed by atoms with Crippen molar-refractivity contribution >= 4 is 16.7 Å². The van der Waals surface area contributed by atoms with Crippen molar-refractivity contribution in [2.24, 2.45) is 0 Å². The molecule has 2 N–H and O–H groups in total. The van der Waals surface area contributed by atoms with E-state index in [1.165, 1.54) is 5.39 Å². The van der Waals surface area contributed by atoms with Gasteiger partial charge in [0.2, 0.25) is 5.82 Å². The number of rotatable bonds is 3. The summed E-state index contributed by atoms with van der Waals surface area (Å²) in [7, 11) is 0. The van der Waals surface area contributed by atoms with E-state index in [1.807, 2.05) is 13.0 Å². The van der Waals surface area contributed by atoms with E-state index in [4.69, 9.17) is 5.26 Å². The van der Waals surface area contributed by atoms with E-state index in [0.717, 1.165) is 16.8 Å². The summed E-state index contributed by atoms with van der Waals surface area (Å²) in [6.07, 6.45) is 1.57. The summed E-state index contributed by atoms with van der Waals surface area (Å²) in [5.74, 6) is 0.824. The lowest BCUT2D eigenvalue weighted by Crippen LogP contribution is -2.02. The smallest absolute Gasteiger partial charge is 0.234 e. The minimum atomic E-state index is 0.172. The van der Waals surface area contributed by atoms with E-state index in [9.17, 15) is 0 Å². The zero-order valence-electron chi connectivity index (χ0n) is 11.0. The molecule has 98 valence electrons. The maximum atomic E-state index is 8.76. The number of benzene rings is 1. The Hall–Kier alpha value is -2.87. The van der Waals surface area contributed by atoms with Crippen molar-refractivity contribution in [1.82, 2.24) is 15.0 Å². The molecule has 0 saturated heterocycles. The summed E-state index contributed by atoms with van der Waals surface area (Å²) in [6.45, 7) is 2.69. The van der Waals surface area contributed by atoms with Crippen LogP contribution in [0.1, 0.15) is 17.1 Å². The normalized spacial score (nSPS) is 10.4. The Morgan fingerprint density at radius 2 is 2.20 bits per heavy atom. The van der Waals surface area contributed by atoms with Crippen LogP contribution in [0.4, 0.5) is 5.82 Å². The fraction of sp³-hybridized carbons (Fsp3) is 0.133. The first-order valence-electron chi connectivity index (χ1n) is 6.30. The molecule has 3 aromatic rings. The van der Waals surface area contributed by atoms with Gasteiger partial charge >= 0.3 is 0 Å². The first kappa shape index (κ1) is 12.2. The SMILES string of the molecule is Cc1cc2ccc(CNc3ccnc(C#N)n3)cc2[nH]1. The molecule has 0 unspecified atom stereocenters. The quantitative estimate of drug-likeness (QED) is 0.761. The van der Waals surface area contributed by atoms with Gasteiger partial charge in [0.1, 0.15) is 11.9 Å². The fourth-order valence-electron chi connectivity index (χ4n) is 2.13. The monoisotopic (exact) mass is 263 g/mol. The molecule has 0 fully saturated rings. The van der Waals surface area contributed by atoms with Crippen LogP contribution in [0, 0.1) is 18.3 Å². The van der Waals surface area contributed by atoms with Gasteiger partial charge in [0.25, 0.3) is 0 Å². The summed E-state index contributed by atoms with van der Waals surface area (Å²) in [4.78, 5) is 11.2. The van der Waals surface area contributed by atoms with Gasteiger partial charge in [-0.3, -0.25) is 0 Å². The van der Waals surface area contributed by atoms with Gasteiger partial charge in [0, 0.05) is 24.0 Å². The maximum Gasteiger partial charge on any atom is 0.234 e. The number of fused-ring (bicyclic) bond motifs is 1. The minimum Gasteiger partial charge on any atom is -0.366 e. The summed E-state index contributed by atoms with van der Waals surface area (Å²) >= 11 is 0. The molecule has 5 nitrogen and oxygen atoms in total. The second-order valence-corrected chi connectivity index (χ2v) is 4.60. The van der Waals surface area contributed by atoms with Gasteiger partial charge in [-0.05, 0) is 36.1 Å². The number of nitriles is 1. The predicted octanol–water partition coefficient (Wildman–Crippen LogP) is 2.75. The van der Waals surface area contributed by atoms with Crippen LogP contribution in [0.2, 0.25) is 0 Å². The maximum absolute atomic E-state index is 8.76. The molecule has 1 aromatic carbocycles. The van der Waals surface area contributed by atoms with Crippen LogP contribution in [0.5, 0.6) is 0 Å². The zero-order valence-corrected chi connectivity index (χ0v) is 11.0. The summed E-state index contributed by atoms with van der Waals surface area (Å²) < 4.78 is 0. The summed E-state index contributed by atoms with van der Waals surface area (Å²) in [5.41, 5.74) is 3.43. The molecule has 0 atom stereocenters. The molecule has 0 spiro atoms. The minimum absolute atomic E-state index is 0.172. The van der Waals surface area contributed by atoms with E-state index < -0.39 is 0 Å². The molecule has 2 heterocycles. The lowest BCUT2D eigenvalue weighted by molar-refractivity contribution is 1.06. The topological polar surface area (TPSA) is 77.4 Å². The Morgan fingerprint density at radius 1 is 1.30 bits per heavy atom. The van der Waals surface area contributed by atoms with Gasteiger partial charge in [-0.25, -0.2) is 9.97 Å². The standard InChI is InChI=1S/C15H13N5/c1-10-6-12-3-2-11(7-13(12)19-10)9-18-14-4-5-17-15(8-16)20-14/h2-7,19H,9H2,1H3,(H,17,18,20). The van der Waals surface area contributed by atoms with Crippen molar-refractivity contribution in [3.63, 3.8) is 0 Å². The zero-order chi connectivity index (χ0) is 13.9. The first-order valence-corrected chi connectivity index (χ1v) is 6.30. The van der Waals surface area contributed by atoms with Crippen LogP contribution in [-0.2, 0) is 6.54 Å². The molecule has 0 saturated carbocycles. The van der Waals surface area contributed by atoms with Crippen LogP contribution in [0.15, 0.2) is 36.5 Å². The third-order valence-corrected chi connectivity index (χ3v) is 3.05. The van der Waals surface area contributed by atoms with Crippen molar-refractivity contribution in [3.05, 3.63) is 53.6 Å². The number of anilines is 1. The van der Waals surface area contributed by atoms with Gasteiger partial charge in [-0.2, -0.15) is 5.26 Å². The second kappa shape index (κ2) is 5.02. The second-order valence-electron chi connectivity index (χ2n) is 4.60. The molecule has 0 radical (unpaired) electrons. The van der Waals surface area contributed by atoms with E-state index in [-0.39, 0.29) is 5.82 Å². The Labute approximate surface area is 116 Å². The van der Waals surface area contributed by atoms with Gasteiger partial charge in [0.15, 0.2) is 0 Å². The van der Waals surface area contributed by atoms with Crippen molar-refractivity contribution < 1.29 is 0 Å². The molecule has 2 aromatic heterocycles. The van der Waals surface area contributed by atoms with Crippen molar-refractivity contribution in [3.8, 4) is 6.07 Å². The molecule has 0 aliphatic rings. The highest BCUT2D eigenvalue weighted by molar-refractivity contribution is 5.81. The van der Waals surface area contributed by atoms with Gasteiger partial charge < -0.3 is 10.3 Å². The largest absolute Gasteiger partial charge is 0.366 e. The lowest BCUT2D eigenvalue weighted by Gasteiger charge is -2.05. The summed E-state index contributed by atoms with van der Waals surface area (Å²) in [5, 5.41) is 13.2. The number of aryl methyl sites for hydroxylation is 1. The Morgan fingerprint density at radius 3 is 3.05 bits per heavy atom. The molecule has 0 aliphatic carbocycles. The van der Waals surface area contributed by atoms with Crippen LogP contribution in [0.25, 0.3) is 10.9 Å². The number of H-pyrrole nitrogens is 1. The Kier molecular flexibility index (Phi) is 3.05. The molecule has 0 bridgehead atoms. The van der Waals surface area contributed by atoms with Gasteiger partial charge in [0.05, 0.1) is 0 Å². The number of hydrogen-bond donors (Lipinski definition) is 2. The van der Waals surface area contributed by atoms with E-state index in [0.29, 0.717) is 12.4 Å². The Balaban J connectivity index is 1.77. The predicted molar refractivity (Wildman–Crippen MR) is 77.1 cm³/mol. The molecule has 0 aliphatic heterocycles. The van der Waals surface area contributed by atoms with Crippen molar-refractivity contribution in [1.29, 1.82) is 5.26 Å². The van der Waals surface area contributed by atoms with E-state index in [1.54, 1.807) is 12.3 Å². The lowest BCUT2D eigenvalue weighted by atomic mass is 10.1. The number of aromatic nitrogens is 3. The van der Waals surface area contributed by atoms with E-state index in [2.05, 4.69) is 44.5 Å². The van der Waals surface area contributed by atoms with Crippen molar-refractivity contribution in [2.75, 3.05) is 5.32 Å². The number of aromatic amines is 1. The third-order valence-electron chi connectivity index (χ3n) is 3.05. The Bertz CT molecular complexity index is 797. The number of hydrogen-bond acceptors (Lipinski definition) is 4. The van der Waals surface area contributed by atoms with Gasteiger partial charge in [-0.1, -0.05) is 12.1 Å². The highest BCUT2D eigenvalue weighted by Gasteiger charge is 2.01. The molecule has 20 heavy (non-hydrogen) atoms. The van der Waals surface area contributed by atoms with Crippen LogP contribution >= 0.6 is 0 Å². The first-order chi connectivity index (χ1) is 9.74. The molecule has 0 amide bonds.